The van der Waals surface area contributed by atoms with Gasteiger partial charge in [0, 0.05) is 18.0 Å². The number of nitrogens with one attached hydrogen (secondary N) is 2. The Morgan fingerprint density at radius 1 is 1.48 bits per heavy atom. The molecule has 2 N–H and O–H groups in total. The minimum absolute atomic E-state index is 0.313. The number of rotatable bonds is 5. The molecule has 0 aliphatic rings. The average Bonchev–Trinajstić information content (AvgIpc) is 2.98. The highest BCUT2D eigenvalue weighted by atomic mass is 19.4. The molecule has 0 spiro atoms. The monoisotopic (exact) mass is 301 g/mol. The minimum atomic E-state index is -4.51. The van der Waals surface area contributed by atoms with Gasteiger partial charge in [-0.2, -0.15) is 23.4 Å². The predicted octanol–water partition coefficient (Wildman–Crippen LogP) is 2.22. The topological polar surface area (TPSA) is 75.6 Å². The van der Waals surface area contributed by atoms with Crippen LogP contribution in [0.4, 0.5) is 19.0 Å². The van der Waals surface area contributed by atoms with Crippen molar-refractivity contribution in [2.24, 2.45) is 0 Å². The molecule has 21 heavy (non-hydrogen) atoms. The molecule has 0 fully saturated rings. The van der Waals surface area contributed by atoms with Gasteiger partial charge in [0.25, 0.3) is 0 Å². The number of alkyl halides is 3. The van der Waals surface area contributed by atoms with Crippen LogP contribution in [0.2, 0.25) is 0 Å². The molecule has 0 aliphatic heterocycles. The number of hydrogen-bond acceptors (Lipinski definition) is 3. The fourth-order valence-electron chi connectivity index (χ4n) is 1.75. The van der Waals surface area contributed by atoms with Crippen LogP contribution in [0, 0.1) is 0 Å². The average molecular weight is 301 g/mol. The summed E-state index contributed by atoms with van der Waals surface area (Å²) in [6.45, 7) is 1.70. The molecule has 0 radical (unpaired) electrons. The molecule has 0 aliphatic carbocycles. The largest absolute Gasteiger partial charge is 0.435 e. The Morgan fingerprint density at radius 2 is 2.24 bits per heavy atom. The predicted molar refractivity (Wildman–Crippen MR) is 68.4 cm³/mol. The number of halogens is 3. The van der Waals surface area contributed by atoms with Gasteiger partial charge in [0.1, 0.15) is 6.54 Å². The lowest BCUT2D eigenvalue weighted by Crippen LogP contribution is -2.20. The van der Waals surface area contributed by atoms with Crippen molar-refractivity contribution in [3.63, 3.8) is 0 Å². The Hall–Kier alpha value is -2.32. The van der Waals surface area contributed by atoms with Crippen LogP contribution in [-0.2, 0) is 23.9 Å². The van der Waals surface area contributed by atoms with Crippen molar-refractivity contribution < 1.29 is 18.0 Å². The smallest absolute Gasteiger partial charge is 0.308 e. The van der Waals surface area contributed by atoms with Crippen molar-refractivity contribution in [1.82, 2.24) is 20.0 Å². The van der Waals surface area contributed by atoms with Gasteiger partial charge < -0.3 is 5.32 Å². The summed E-state index contributed by atoms with van der Waals surface area (Å²) in [5, 5.41) is 12.5. The highest BCUT2D eigenvalue weighted by Crippen LogP contribution is 2.27. The molecule has 114 valence electrons. The quantitative estimate of drug-likeness (QED) is 0.889. The van der Waals surface area contributed by atoms with Crippen molar-refractivity contribution in [3.05, 3.63) is 29.7 Å². The molecule has 9 heteroatoms. The van der Waals surface area contributed by atoms with Gasteiger partial charge >= 0.3 is 6.18 Å². The molecule has 1 amide bonds. The number of H-pyrrole nitrogens is 1. The number of aromatic amines is 1. The second kappa shape index (κ2) is 5.98. The molecule has 6 nitrogen and oxygen atoms in total. The van der Waals surface area contributed by atoms with Gasteiger partial charge in [-0.1, -0.05) is 13.3 Å². The van der Waals surface area contributed by atoms with Crippen molar-refractivity contribution in [2.75, 3.05) is 5.32 Å². The molecule has 0 aromatic carbocycles. The van der Waals surface area contributed by atoms with Gasteiger partial charge in [0.05, 0.1) is 0 Å². The standard InChI is InChI=1S/C12H14F3N5O/c1-2-3-8-6-10(18-17-8)16-11(21)7-20-5-4-9(19-20)12(13,14)15/h4-6H,2-3,7H2,1H3,(H2,16,17,18,21). The van der Waals surface area contributed by atoms with E-state index in [1.807, 2.05) is 6.92 Å². The van der Waals surface area contributed by atoms with Crippen LogP contribution >= 0.6 is 0 Å². The van der Waals surface area contributed by atoms with E-state index in [0.29, 0.717) is 5.82 Å². The number of aryl methyl sites for hydroxylation is 1. The maximum Gasteiger partial charge on any atom is 0.435 e. The molecule has 2 rings (SSSR count). The maximum atomic E-state index is 12.4. The van der Waals surface area contributed by atoms with Crippen LogP contribution in [0.5, 0.6) is 0 Å². The third-order valence-electron chi connectivity index (χ3n) is 2.65. The first-order valence-corrected chi connectivity index (χ1v) is 6.33. The van der Waals surface area contributed by atoms with Crippen LogP contribution in [0.3, 0.4) is 0 Å². The van der Waals surface area contributed by atoms with Gasteiger partial charge in [0.2, 0.25) is 5.91 Å². The Kier molecular flexibility index (Phi) is 4.29. The van der Waals surface area contributed by atoms with Crippen molar-refractivity contribution >= 4 is 11.7 Å². The molecule has 2 heterocycles. The van der Waals surface area contributed by atoms with Crippen LogP contribution in [-0.4, -0.2) is 25.9 Å². The third-order valence-corrected chi connectivity index (χ3v) is 2.65. The number of nitrogens with zero attached hydrogens (tertiary/aromatic N) is 3. The first-order valence-electron chi connectivity index (χ1n) is 6.33. The number of carbonyl (C=O) groups is 1. The highest BCUT2D eigenvalue weighted by Gasteiger charge is 2.33. The number of carbonyl (C=O) groups excluding carboxylic acids is 1. The van der Waals surface area contributed by atoms with Crippen molar-refractivity contribution in [3.8, 4) is 0 Å². The molecule has 0 saturated heterocycles. The molecule has 2 aromatic heterocycles. The third kappa shape index (κ3) is 4.07. The second-order valence-corrected chi connectivity index (χ2v) is 4.47. The summed E-state index contributed by atoms with van der Waals surface area (Å²) in [7, 11) is 0. The van der Waals surface area contributed by atoms with E-state index in [9.17, 15) is 18.0 Å². The van der Waals surface area contributed by atoms with E-state index in [1.54, 1.807) is 6.07 Å². The molecule has 0 unspecified atom stereocenters. The van der Waals surface area contributed by atoms with Gasteiger partial charge in [-0.25, -0.2) is 0 Å². The lowest BCUT2D eigenvalue weighted by Gasteiger charge is -2.03. The zero-order valence-corrected chi connectivity index (χ0v) is 11.2. The van der Waals surface area contributed by atoms with E-state index < -0.39 is 17.8 Å². The SMILES string of the molecule is CCCc1cc(NC(=O)Cn2ccc(C(F)(F)F)n2)n[nH]1. The molecular weight excluding hydrogens is 287 g/mol. The summed E-state index contributed by atoms with van der Waals surface area (Å²) < 4.78 is 38.0. The molecule has 0 bridgehead atoms. The van der Waals surface area contributed by atoms with Crippen molar-refractivity contribution in [1.29, 1.82) is 0 Å². The normalized spacial score (nSPS) is 11.6. The summed E-state index contributed by atoms with van der Waals surface area (Å²) in [5.41, 5.74) is -0.147. The van der Waals surface area contributed by atoms with E-state index >= 15 is 0 Å². The second-order valence-electron chi connectivity index (χ2n) is 4.47. The van der Waals surface area contributed by atoms with E-state index in [4.69, 9.17) is 0 Å². The van der Waals surface area contributed by atoms with Crippen LogP contribution < -0.4 is 5.32 Å². The summed E-state index contributed by atoms with van der Waals surface area (Å²) in [6, 6.07) is 2.51. The van der Waals surface area contributed by atoms with Gasteiger partial charge in [0.15, 0.2) is 11.5 Å². The van der Waals surface area contributed by atoms with Gasteiger partial charge in [-0.05, 0) is 12.5 Å². The summed E-state index contributed by atoms with van der Waals surface area (Å²) in [5.74, 6) is -0.159. The fraction of sp³-hybridized carbons (Fsp3) is 0.417. The molecular formula is C12H14F3N5O. The first kappa shape index (κ1) is 15.1. The van der Waals surface area contributed by atoms with E-state index in [2.05, 4.69) is 20.6 Å². The minimum Gasteiger partial charge on any atom is -0.308 e. The summed E-state index contributed by atoms with van der Waals surface area (Å²) >= 11 is 0. The number of hydrogen-bond donors (Lipinski definition) is 2. The van der Waals surface area contributed by atoms with Crippen molar-refractivity contribution in [2.45, 2.75) is 32.5 Å². The summed E-state index contributed by atoms with van der Waals surface area (Å²) in [4.78, 5) is 11.7. The van der Waals surface area contributed by atoms with Gasteiger partial charge in [-0.3, -0.25) is 14.6 Å². The Balaban J connectivity index is 1.93. The van der Waals surface area contributed by atoms with Crippen LogP contribution in [0.25, 0.3) is 0 Å². The lowest BCUT2D eigenvalue weighted by molar-refractivity contribution is -0.141. The number of anilines is 1. The van der Waals surface area contributed by atoms with E-state index in [1.165, 1.54) is 0 Å². The molecule has 0 saturated carbocycles. The van der Waals surface area contributed by atoms with Crippen LogP contribution in [0.1, 0.15) is 24.7 Å². The zero-order valence-electron chi connectivity index (χ0n) is 11.2. The Labute approximate surface area is 118 Å². The van der Waals surface area contributed by atoms with Gasteiger partial charge in [-0.15, -0.1) is 0 Å². The Bertz CT molecular complexity index is 616. The highest BCUT2D eigenvalue weighted by molar-refractivity contribution is 5.89. The number of aromatic nitrogens is 4. The molecule has 2 aromatic rings. The maximum absolute atomic E-state index is 12.4. The summed E-state index contributed by atoms with van der Waals surface area (Å²) in [6.07, 6.45) is -1.67. The molecule has 0 atom stereocenters. The zero-order chi connectivity index (χ0) is 15.5. The van der Waals surface area contributed by atoms with Crippen LogP contribution in [0.15, 0.2) is 18.3 Å². The van der Waals surface area contributed by atoms with E-state index in [-0.39, 0.29) is 6.54 Å². The Morgan fingerprint density at radius 3 is 2.86 bits per heavy atom. The first-order chi connectivity index (χ1) is 9.88. The number of amides is 1. The lowest BCUT2D eigenvalue weighted by atomic mass is 10.2. The fourth-order valence-corrected chi connectivity index (χ4v) is 1.75. The van der Waals surface area contributed by atoms with E-state index in [0.717, 1.165) is 35.5 Å².